The molecule has 5 nitrogen and oxygen atoms in total. The maximum Gasteiger partial charge on any atom is 0.224 e. The Bertz CT molecular complexity index is 728. The summed E-state index contributed by atoms with van der Waals surface area (Å²) in [6, 6.07) is 15.9. The van der Waals surface area contributed by atoms with Gasteiger partial charge in [0, 0.05) is 38.0 Å². The van der Waals surface area contributed by atoms with Crippen LogP contribution in [0.2, 0.25) is 0 Å². The number of nitrogens with zero attached hydrogens (tertiary/aromatic N) is 1. The largest absolute Gasteiger partial charge is 0.497 e. The Labute approximate surface area is 161 Å². The van der Waals surface area contributed by atoms with Gasteiger partial charge in [-0.05, 0) is 61.2 Å². The van der Waals surface area contributed by atoms with Crippen molar-refractivity contribution in [2.45, 2.75) is 31.8 Å². The lowest BCUT2D eigenvalue weighted by Crippen LogP contribution is -2.39. The van der Waals surface area contributed by atoms with E-state index in [4.69, 9.17) is 9.47 Å². The zero-order valence-corrected chi connectivity index (χ0v) is 16.1. The molecule has 2 aromatic carbocycles. The number of hydrogen-bond acceptors (Lipinski definition) is 4. The van der Waals surface area contributed by atoms with E-state index in [-0.39, 0.29) is 5.91 Å². The van der Waals surface area contributed by atoms with Crippen LogP contribution >= 0.6 is 0 Å². The molecule has 0 saturated carbocycles. The van der Waals surface area contributed by atoms with Crippen molar-refractivity contribution in [3.63, 3.8) is 0 Å². The Morgan fingerprint density at radius 1 is 1.11 bits per heavy atom. The van der Waals surface area contributed by atoms with Crippen molar-refractivity contribution in [3.05, 3.63) is 54.1 Å². The van der Waals surface area contributed by atoms with E-state index >= 15 is 0 Å². The highest BCUT2D eigenvalue weighted by Crippen LogP contribution is 2.23. The Morgan fingerprint density at radius 2 is 1.85 bits per heavy atom. The lowest BCUT2D eigenvalue weighted by molar-refractivity contribution is -0.116. The SMILES string of the molecule is COc1ccc(CCC(=O)Nc2ccc(N3CCCC(OC)C3)cc2)cc1. The lowest BCUT2D eigenvalue weighted by Gasteiger charge is -2.33. The zero-order chi connectivity index (χ0) is 19.1. The van der Waals surface area contributed by atoms with Crippen molar-refractivity contribution in [2.75, 3.05) is 37.5 Å². The standard InChI is InChI=1S/C22H28N2O3/c1-26-20-12-5-17(6-13-20)7-14-22(25)23-18-8-10-19(11-9-18)24-15-3-4-21(16-24)27-2/h5-6,8-13,21H,3-4,7,14-16H2,1-2H3,(H,23,25). The Kier molecular flexibility index (Phi) is 6.71. The van der Waals surface area contributed by atoms with Gasteiger partial charge in [0.25, 0.3) is 0 Å². The zero-order valence-electron chi connectivity index (χ0n) is 16.1. The number of carbonyl (C=O) groups excluding carboxylic acids is 1. The lowest BCUT2D eigenvalue weighted by atomic mass is 10.1. The van der Waals surface area contributed by atoms with Crippen LogP contribution in [0.3, 0.4) is 0 Å². The molecule has 1 N–H and O–H groups in total. The first-order chi connectivity index (χ1) is 13.2. The molecule has 1 aliphatic rings. The fraction of sp³-hybridized carbons (Fsp3) is 0.409. The van der Waals surface area contributed by atoms with Crippen LogP contribution in [0.15, 0.2) is 48.5 Å². The van der Waals surface area contributed by atoms with E-state index < -0.39 is 0 Å². The van der Waals surface area contributed by atoms with Gasteiger partial charge in [-0.1, -0.05) is 12.1 Å². The van der Waals surface area contributed by atoms with Crippen LogP contribution in [0.1, 0.15) is 24.8 Å². The van der Waals surface area contributed by atoms with Gasteiger partial charge in [-0.2, -0.15) is 0 Å². The summed E-state index contributed by atoms with van der Waals surface area (Å²) in [6.07, 6.45) is 3.73. The molecule has 3 rings (SSSR count). The number of nitrogens with one attached hydrogen (secondary N) is 1. The van der Waals surface area contributed by atoms with Crippen LogP contribution < -0.4 is 15.0 Å². The number of ether oxygens (including phenoxy) is 2. The van der Waals surface area contributed by atoms with Crippen molar-refractivity contribution < 1.29 is 14.3 Å². The van der Waals surface area contributed by atoms with Crippen molar-refractivity contribution in [2.24, 2.45) is 0 Å². The van der Waals surface area contributed by atoms with Crippen molar-refractivity contribution in [3.8, 4) is 5.75 Å². The van der Waals surface area contributed by atoms with Crippen molar-refractivity contribution in [1.29, 1.82) is 0 Å². The highest BCUT2D eigenvalue weighted by atomic mass is 16.5. The summed E-state index contributed by atoms with van der Waals surface area (Å²) in [5, 5.41) is 2.98. The van der Waals surface area contributed by atoms with Gasteiger partial charge in [0.15, 0.2) is 0 Å². The summed E-state index contributed by atoms with van der Waals surface area (Å²) in [5.41, 5.74) is 3.13. The quantitative estimate of drug-likeness (QED) is 0.806. The second kappa shape index (κ2) is 9.42. The number of carbonyl (C=O) groups is 1. The highest BCUT2D eigenvalue weighted by molar-refractivity contribution is 5.91. The van der Waals surface area contributed by atoms with Gasteiger partial charge >= 0.3 is 0 Å². The van der Waals surface area contributed by atoms with E-state index in [0.29, 0.717) is 18.9 Å². The molecule has 1 atom stereocenters. The summed E-state index contributed by atoms with van der Waals surface area (Å²) < 4.78 is 10.6. The maximum absolute atomic E-state index is 12.2. The molecular weight excluding hydrogens is 340 g/mol. The Hall–Kier alpha value is -2.53. The van der Waals surface area contributed by atoms with Gasteiger partial charge in [0.05, 0.1) is 13.2 Å². The normalized spacial score (nSPS) is 16.8. The van der Waals surface area contributed by atoms with Crippen LogP contribution in [0.4, 0.5) is 11.4 Å². The smallest absolute Gasteiger partial charge is 0.224 e. The second-order valence-corrected chi connectivity index (χ2v) is 6.89. The molecule has 0 radical (unpaired) electrons. The minimum Gasteiger partial charge on any atom is -0.497 e. The summed E-state index contributed by atoms with van der Waals surface area (Å²) in [6.45, 7) is 1.97. The van der Waals surface area contributed by atoms with E-state index in [9.17, 15) is 4.79 Å². The van der Waals surface area contributed by atoms with E-state index in [1.165, 1.54) is 5.69 Å². The molecule has 0 bridgehead atoms. The molecule has 1 amide bonds. The second-order valence-electron chi connectivity index (χ2n) is 6.89. The van der Waals surface area contributed by atoms with Crippen molar-refractivity contribution >= 4 is 17.3 Å². The van der Waals surface area contributed by atoms with Crippen LogP contribution in [0, 0.1) is 0 Å². The topological polar surface area (TPSA) is 50.8 Å². The van der Waals surface area contributed by atoms with Gasteiger partial charge in [-0.25, -0.2) is 0 Å². The van der Waals surface area contributed by atoms with Crippen LogP contribution in [-0.2, 0) is 16.0 Å². The summed E-state index contributed by atoms with van der Waals surface area (Å²) >= 11 is 0. The van der Waals surface area contributed by atoms with E-state index in [1.807, 2.05) is 36.4 Å². The molecule has 1 saturated heterocycles. The summed E-state index contributed by atoms with van der Waals surface area (Å²) in [5.74, 6) is 0.852. The third-order valence-corrected chi connectivity index (χ3v) is 5.03. The summed E-state index contributed by atoms with van der Waals surface area (Å²) in [4.78, 5) is 14.6. The number of piperidine rings is 1. The molecule has 5 heteroatoms. The average molecular weight is 368 g/mol. The van der Waals surface area contributed by atoms with Gasteiger partial charge in [0.2, 0.25) is 5.91 Å². The molecule has 2 aromatic rings. The molecule has 27 heavy (non-hydrogen) atoms. The number of aryl methyl sites for hydroxylation is 1. The number of methoxy groups -OCH3 is 2. The van der Waals surface area contributed by atoms with Crippen LogP contribution in [0.5, 0.6) is 5.75 Å². The number of benzene rings is 2. The van der Waals surface area contributed by atoms with Gasteiger partial charge in [-0.15, -0.1) is 0 Å². The Morgan fingerprint density at radius 3 is 2.52 bits per heavy atom. The molecular formula is C22H28N2O3. The summed E-state index contributed by atoms with van der Waals surface area (Å²) in [7, 11) is 3.42. The van der Waals surface area contributed by atoms with Gasteiger partial charge < -0.3 is 19.7 Å². The molecule has 1 fully saturated rings. The van der Waals surface area contributed by atoms with Crippen LogP contribution in [-0.4, -0.2) is 39.3 Å². The number of anilines is 2. The highest BCUT2D eigenvalue weighted by Gasteiger charge is 2.19. The average Bonchev–Trinajstić information content (AvgIpc) is 2.73. The monoisotopic (exact) mass is 368 g/mol. The fourth-order valence-corrected chi connectivity index (χ4v) is 3.39. The molecule has 0 aliphatic carbocycles. The van der Waals surface area contributed by atoms with E-state index in [1.54, 1.807) is 14.2 Å². The predicted octanol–water partition coefficient (Wildman–Crippen LogP) is 3.88. The maximum atomic E-state index is 12.2. The van der Waals surface area contributed by atoms with Crippen LogP contribution in [0.25, 0.3) is 0 Å². The molecule has 0 aromatic heterocycles. The molecule has 1 unspecified atom stereocenters. The van der Waals surface area contributed by atoms with E-state index in [2.05, 4.69) is 22.3 Å². The number of amides is 1. The predicted molar refractivity (Wildman–Crippen MR) is 109 cm³/mol. The minimum absolute atomic E-state index is 0.0241. The minimum atomic E-state index is 0.0241. The van der Waals surface area contributed by atoms with E-state index in [0.717, 1.165) is 42.9 Å². The Balaban J connectivity index is 1.49. The molecule has 1 aliphatic heterocycles. The first-order valence-corrected chi connectivity index (χ1v) is 9.48. The molecule has 144 valence electrons. The first-order valence-electron chi connectivity index (χ1n) is 9.48. The molecule has 0 spiro atoms. The number of rotatable bonds is 7. The number of hydrogen-bond donors (Lipinski definition) is 1. The molecule has 1 heterocycles. The third-order valence-electron chi connectivity index (χ3n) is 5.03. The van der Waals surface area contributed by atoms with Crippen molar-refractivity contribution in [1.82, 2.24) is 0 Å². The van der Waals surface area contributed by atoms with Gasteiger partial charge in [-0.3, -0.25) is 4.79 Å². The fourth-order valence-electron chi connectivity index (χ4n) is 3.39. The first kappa shape index (κ1) is 19.2. The third kappa shape index (κ3) is 5.47. The van der Waals surface area contributed by atoms with Gasteiger partial charge in [0.1, 0.15) is 5.75 Å².